The van der Waals surface area contributed by atoms with E-state index in [-0.39, 0.29) is 12.0 Å². The number of aliphatic hydroxyl groups is 2. The van der Waals surface area contributed by atoms with Crippen LogP contribution in [0.15, 0.2) is 42.7 Å². The van der Waals surface area contributed by atoms with E-state index in [0.717, 1.165) is 6.07 Å². The predicted octanol–water partition coefficient (Wildman–Crippen LogP) is 2.58. The maximum Gasteiger partial charge on any atom is 0.433 e. The minimum atomic E-state index is -4.41. The number of rotatable bonds is 1. The van der Waals surface area contributed by atoms with Crippen molar-refractivity contribution in [3.8, 4) is 11.9 Å². The molecule has 3 unspecified atom stereocenters. The first-order valence-corrected chi connectivity index (χ1v) is 8.55. The van der Waals surface area contributed by atoms with Crippen molar-refractivity contribution in [3.63, 3.8) is 0 Å². The van der Waals surface area contributed by atoms with Gasteiger partial charge in [-0.05, 0) is 31.5 Å². The Kier molecular flexibility index (Phi) is 10.0. The minimum Gasteiger partial charge on any atom is -0.481 e. The molecule has 1 fully saturated rings. The highest BCUT2D eigenvalue weighted by molar-refractivity contribution is 5.24. The van der Waals surface area contributed by atoms with Crippen LogP contribution in [0, 0.1) is 11.3 Å². The van der Waals surface area contributed by atoms with Gasteiger partial charge in [0.2, 0.25) is 5.88 Å². The highest BCUT2D eigenvalue weighted by atomic mass is 19.4. The number of ether oxygens (including phenoxy) is 2. The first kappa shape index (κ1) is 24.3. The zero-order valence-electron chi connectivity index (χ0n) is 15.9. The fourth-order valence-electron chi connectivity index (χ4n) is 2.07. The summed E-state index contributed by atoms with van der Waals surface area (Å²) in [7, 11) is 1.27. The molecular formula is C19H22F3N3O4. The van der Waals surface area contributed by atoms with Gasteiger partial charge in [-0.15, -0.1) is 0 Å². The highest BCUT2D eigenvalue weighted by Crippen LogP contribution is 2.28. The number of pyridine rings is 2. The van der Waals surface area contributed by atoms with Gasteiger partial charge in [-0.1, -0.05) is 6.07 Å². The molecule has 1 aliphatic heterocycles. The van der Waals surface area contributed by atoms with Crippen LogP contribution in [0.4, 0.5) is 13.2 Å². The Morgan fingerprint density at radius 2 is 1.86 bits per heavy atom. The minimum absolute atomic E-state index is 0.0372. The molecule has 0 amide bonds. The second kappa shape index (κ2) is 12.0. The summed E-state index contributed by atoms with van der Waals surface area (Å²) in [4.78, 5) is 6.96. The molecule has 1 aliphatic rings. The zero-order chi connectivity index (χ0) is 21.9. The summed E-state index contributed by atoms with van der Waals surface area (Å²) < 4.78 is 45.5. The van der Waals surface area contributed by atoms with Crippen molar-refractivity contribution in [3.05, 3.63) is 54.0 Å². The molecule has 0 saturated carbocycles. The molecule has 10 heteroatoms. The molecular weight excluding hydrogens is 391 g/mol. The molecule has 0 spiro atoms. The third-order valence-corrected chi connectivity index (χ3v) is 3.70. The third kappa shape index (κ3) is 8.87. The lowest BCUT2D eigenvalue weighted by Crippen LogP contribution is -2.42. The van der Waals surface area contributed by atoms with Crippen LogP contribution in [-0.2, 0) is 10.9 Å². The lowest BCUT2D eigenvalue weighted by atomic mass is 10.0. The van der Waals surface area contributed by atoms with Gasteiger partial charge in [-0.3, -0.25) is 4.98 Å². The molecule has 0 radical (unpaired) electrons. The van der Waals surface area contributed by atoms with Crippen LogP contribution in [-0.4, -0.2) is 52.2 Å². The van der Waals surface area contributed by atoms with E-state index < -0.39 is 24.1 Å². The molecule has 2 N–H and O–H groups in total. The lowest BCUT2D eigenvalue weighted by molar-refractivity contribution is -0.141. The van der Waals surface area contributed by atoms with E-state index >= 15 is 0 Å². The largest absolute Gasteiger partial charge is 0.481 e. The molecule has 2 aromatic heterocycles. The second-order valence-electron chi connectivity index (χ2n) is 5.83. The van der Waals surface area contributed by atoms with Crippen molar-refractivity contribution in [1.29, 1.82) is 5.26 Å². The van der Waals surface area contributed by atoms with E-state index in [0.29, 0.717) is 18.6 Å². The van der Waals surface area contributed by atoms with Crippen molar-refractivity contribution >= 4 is 0 Å². The van der Waals surface area contributed by atoms with Crippen LogP contribution in [0.5, 0.6) is 5.88 Å². The summed E-state index contributed by atoms with van der Waals surface area (Å²) in [6, 6.07) is 8.81. The highest BCUT2D eigenvalue weighted by Gasteiger charge is 2.32. The molecule has 1 saturated heterocycles. The third-order valence-electron chi connectivity index (χ3n) is 3.70. The first-order valence-electron chi connectivity index (χ1n) is 8.55. The van der Waals surface area contributed by atoms with E-state index in [9.17, 15) is 13.2 Å². The number of nitriles is 1. The summed E-state index contributed by atoms with van der Waals surface area (Å²) in [5, 5.41) is 26.3. The number of hydrogen-bond acceptors (Lipinski definition) is 7. The van der Waals surface area contributed by atoms with Crippen LogP contribution < -0.4 is 4.74 Å². The molecule has 7 nitrogen and oxygen atoms in total. The summed E-state index contributed by atoms with van der Waals surface area (Å²) in [6.45, 7) is 2.31. The Balaban J connectivity index is 0.000000223. The molecule has 29 heavy (non-hydrogen) atoms. The van der Waals surface area contributed by atoms with E-state index in [1.165, 1.54) is 19.2 Å². The number of hydrogen-bond donors (Lipinski definition) is 2. The maximum atomic E-state index is 12.0. The average molecular weight is 413 g/mol. The van der Waals surface area contributed by atoms with Gasteiger partial charge in [0, 0.05) is 25.1 Å². The summed E-state index contributed by atoms with van der Waals surface area (Å²) in [6.07, 6.45) is -2.17. The zero-order valence-corrected chi connectivity index (χ0v) is 15.9. The van der Waals surface area contributed by atoms with Gasteiger partial charge in [0.15, 0.2) is 0 Å². The van der Waals surface area contributed by atoms with Gasteiger partial charge in [-0.25, -0.2) is 4.98 Å². The Labute approximate surface area is 166 Å². The fraction of sp³-hybridized carbons (Fsp3) is 0.421. The van der Waals surface area contributed by atoms with E-state index in [4.69, 9.17) is 20.2 Å². The standard InChI is InChI=1S/C7H6F3NO.C6H4N2.C6H12O3/c1-12-6-4-2-3-5(11-6)7(8,9)10;7-5-6-1-3-8-4-2-6;1-4-6(8)5(7)2-3-9-4/h2-4H,1H3;1-4H;4-8H,2-3H2,1H3. The monoisotopic (exact) mass is 413 g/mol. The Hall–Kier alpha value is -2.74. The van der Waals surface area contributed by atoms with Crippen molar-refractivity contribution < 1.29 is 32.9 Å². The normalized spacial score (nSPS) is 20.8. The molecule has 158 valence electrons. The van der Waals surface area contributed by atoms with E-state index in [1.807, 2.05) is 6.07 Å². The number of methoxy groups -OCH3 is 1. The van der Waals surface area contributed by atoms with E-state index in [1.54, 1.807) is 31.5 Å². The number of alkyl halides is 3. The summed E-state index contributed by atoms with van der Waals surface area (Å²) in [5.74, 6) is -0.0372. The van der Waals surface area contributed by atoms with Gasteiger partial charge in [-0.2, -0.15) is 18.4 Å². The van der Waals surface area contributed by atoms with Gasteiger partial charge in [0.05, 0.1) is 31.0 Å². The van der Waals surface area contributed by atoms with Gasteiger partial charge >= 0.3 is 6.18 Å². The molecule has 3 heterocycles. The number of aliphatic hydroxyl groups excluding tert-OH is 2. The van der Waals surface area contributed by atoms with E-state index in [2.05, 4.69) is 14.7 Å². The molecule has 0 aliphatic carbocycles. The predicted molar refractivity (Wildman–Crippen MR) is 96.8 cm³/mol. The number of nitrogens with zero attached hydrogens (tertiary/aromatic N) is 3. The van der Waals surface area contributed by atoms with Crippen molar-refractivity contribution in [2.75, 3.05) is 13.7 Å². The fourth-order valence-corrected chi connectivity index (χ4v) is 2.07. The summed E-state index contributed by atoms with van der Waals surface area (Å²) in [5.41, 5.74) is -0.290. The lowest BCUT2D eigenvalue weighted by Gasteiger charge is -2.29. The number of aromatic nitrogens is 2. The first-order chi connectivity index (χ1) is 13.7. The average Bonchev–Trinajstić information content (AvgIpc) is 2.73. The SMILES string of the molecule is CC1OCCC(O)C1O.COc1cccc(C(F)(F)F)n1.N#Cc1ccncc1. The summed E-state index contributed by atoms with van der Waals surface area (Å²) >= 11 is 0. The quantitative estimate of drug-likeness (QED) is 0.740. The molecule has 0 bridgehead atoms. The molecule has 3 atom stereocenters. The Bertz CT molecular complexity index is 759. The van der Waals surface area contributed by atoms with Crippen molar-refractivity contribution in [2.45, 2.75) is 37.8 Å². The topological polar surface area (TPSA) is 108 Å². The Morgan fingerprint density at radius 3 is 2.31 bits per heavy atom. The smallest absolute Gasteiger partial charge is 0.433 e. The van der Waals surface area contributed by atoms with Crippen molar-refractivity contribution in [2.24, 2.45) is 0 Å². The van der Waals surface area contributed by atoms with Gasteiger partial charge in [0.25, 0.3) is 0 Å². The molecule has 3 rings (SSSR count). The van der Waals surface area contributed by atoms with Crippen LogP contribution >= 0.6 is 0 Å². The van der Waals surface area contributed by atoms with Gasteiger partial charge < -0.3 is 19.7 Å². The maximum absolute atomic E-state index is 12.0. The number of halogens is 3. The van der Waals surface area contributed by atoms with Crippen LogP contribution in [0.2, 0.25) is 0 Å². The molecule has 2 aromatic rings. The van der Waals surface area contributed by atoms with Crippen LogP contribution in [0.25, 0.3) is 0 Å². The van der Waals surface area contributed by atoms with Crippen LogP contribution in [0.3, 0.4) is 0 Å². The van der Waals surface area contributed by atoms with Crippen LogP contribution in [0.1, 0.15) is 24.6 Å². The second-order valence-corrected chi connectivity index (χ2v) is 5.83. The Morgan fingerprint density at radius 1 is 1.21 bits per heavy atom. The molecule has 0 aromatic carbocycles. The van der Waals surface area contributed by atoms with Gasteiger partial charge in [0.1, 0.15) is 11.8 Å². The van der Waals surface area contributed by atoms with Crippen molar-refractivity contribution in [1.82, 2.24) is 9.97 Å².